The van der Waals surface area contributed by atoms with Crippen LogP contribution in [0.4, 0.5) is 24.7 Å². The fourth-order valence-electron chi connectivity index (χ4n) is 1.54. The fourth-order valence-corrected chi connectivity index (χ4v) is 1.54. The van der Waals surface area contributed by atoms with Crippen LogP contribution in [-0.2, 0) is 12.7 Å². The monoisotopic (exact) mass is 281 g/mol. The zero-order chi connectivity index (χ0) is 14.8. The van der Waals surface area contributed by atoms with E-state index in [1.165, 1.54) is 6.20 Å². The second-order valence-electron chi connectivity index (χ2n) is 3.91. The standard InChI is InChI=1S/C12H10F3N5/c1-2-20-7-9(6-17-20)18-11-8(5-16)3-4-10(19-11)12(13,14)15/h3-4,6-7H,2H2,1H3,(H,18,19). The summed E-state index contributed by atoms with van der Waals surface area (Å²) in [5.74, 6) is -0.141. The smallest absolute Gasteiger partial charge is 0.337 e. The third kappa shape index (κ3) is 2.88. The summed E-state index contributed by atoms with van der Waals surface area (Å²) in [6.07, 6.45) is -1.49. The van der Waals surface area contributed by atoms with Gasteiger partial charge in [-0.15, -0.1) is 0 Å². The third-order valence-corrected chi connectivity index (χ3v) is 2.53. The molecule has 0 unspecified atom stereocenters. The molecule has 5 nitrogen and oxygen atoms in total. The first-order valence-corrected chi connectivity index (χ1v) is 5.72. The van der Waals surface area contributed by atoms with Gasteiger partial charge in [-0.1, -0.05) is 0 Å². The summed E-state index contributed by atoms with van der Waals surface area (Å²) < 4.78 is 39.4. The van der Waals surface area contributed by atoms with Crippen molar-refractivity contribution < 1.29 is 13.2 Å². The molecule has 20 heavy (non-hydrogen) atoms. The van der Waals surface area contributed by atoms with Crippen LogP contribution >= 0.6 is 0 Å². The van der Waals surface area contributed by atoms with Crippen LogP contribution in [0.2, 0.25) is 0 Å². The van der Waals surface area contributed by atoms with Gasteiger partial charge in [0.1, 0.15) is 17.6 Å². The maximum Gasteiger partial charge on any atom is 0.433 e. The summed E-state index contributed by atoms with van der Waals surface area (Å²) in [5.41, 5.74) is -0.556. The molecule has 2 heterocycles. The van der Waals surface area contributed by atoms with E-state index in [0.717, 1.165) is 12.1 Å². The number of alkyl halides is 3. The van der Waals surface area contributed by atoms with Crippen molar-refractivity contribution in [2.24, 2.45) is 0 Å². The van der Waals surface area contributed by atoms with Gasteiger partial charge in [0.15, 0.2) is 0 Å². The number of halogens is 3. The molecule has 0 amide bonds. The van der Waals surface area contributed by atoms with Gasteiger partial charge in [-0.2, -0.15) is 23.5 Å². The molecule has 0 saturated heterocycles. The molecule has 0 spiro atoms. The number of rotatable bonds is 3. The summed E-state index contributed by atoms with van der Waals surface area (Å²) in [7, 11) is 0. The van der Waals surface area contributed by atoms with Crippen molar-refractivity contribution in [3.63, 3.8) is 0 Å². The molecule has 2 aromatic heterocycles. The number of nitriles is 1. The van der Waals surface area contributed by atoms with Crippen LogP contribution in [-0.4, -0.2) is 14.8 Å². The molecule has 0 aromatic carbocycles. The topological polar surface area (TPSA) is 66.5 Å². The maximum absolute atomic E-state index is 12.6. The molecular weight excluding hydrogens is 271 g/mol. The largest absolute Gasteiger partial charge is 0.433 e. The number of anilines is 2. The van der Waals surface area contributed by atoms with Crippen molar-refractivity contribution in [3.8, 4) is 6.07 Å². The normalized spacial score (nSPS) is 11.2. The molecule has 0 fully saturated rings. The zero-order valence-electron chi connectivity index (χ0n) is 10.4. The van der Waals surface area contributed by atoms with Gasteiger partial charge >= 0.3 is 6.18 Å². The van der Waals surface area contributed by atoms with Gasteiger partial charge in [0, 0.05) is 12.7 Å². The van der Waals surface area contributed by atoms with Crippen LogP contribution in [0.5, 0.6) is 0 Å². The van der Waals surface area contributed by atoms with E-state index in [1.54, 1.807) is 16.9 Å². The molecule has 2 aromatic rings. The van der Waals surface area contributed by atoms with Crippen molar-refractivity contribution in [1.82, 2.24) is 14.8 Å². The van der Waals surface area contributed by atoms with Gasteiger partial charge in [0.25, 0.3) is 0 Å². The van der Waals surface area contributed by atoms with Gasteiger partial charge in [0.2, 0.25) is 0 Å². The highest BCUT2D eigenvalue weighted by Gasteiger charge is 2.33. The lowest BCUT2D eigenvalue weighted by molar-refractivity contribution is -0.141. The molecule has 0 radical (unpaired) electrons. The van der Waals surface area contributed by atoms with Gasteiger partial charge in [-0.25, -0.2) is 4.98 Å². The first kappa shape index (κ1) is 13.9. The molecule has 0 aliphatic carbocycles. The van der Waals surface area contributed by atoms with E-state index in [4.69, 9.17) is 5.26 Å². The van der Waals surface area contributed by atoms with Crippen molar-refractivity contribution >= 4 is 11.5 Å². The minimum Gasteiger partial charge on any atom is -0.337 e. The van der Waals surface area contributed by atoms with E-state index in [9.17, 15) is 13.2 Å². The van der Waals surface area contributed by atoms with Gasteiger partial charge in [-0.3, -0.25) is 4.68 Å². The Morgan fingerprint density at radius 1 is 1.40 bits per heavy atom. The second kappa shape index (κ2) is 5.21. The first-order chi connectivity index (χ1) is 9.44. The Balaban J connectivity index is 2.36. The number of nitrogens with one attached hydrogen (secondary N) is 1. The Hall–Kier alpha value is -2.56. The number of aromatic nitrogens is 3. The van der Waals surface area contributed by atoms with Crippen LogP contribution in [0.1, 0.15) is 18.2 Å². The second-order valence-corrected chi connectivity index (χ2v) is 3.91. The third-order valence-electron chi connectivity index (χ3n) is 2.53. The summed E-state index contributed by atoms with van der Waals surface area (Å²) in [5, 5.41) is 15.6. The van der Waals surface area contributed by atoms with Crippen LogP contribution in [0.25, 0.3) is 0 Å². The molecule has 2 rings (SSSR count). The molecule has 104 valence electrons. The molecule has 0 aliphatic heterocycles. The van der Waals surface area contributed by atoms with E-state index in [0.29, 0.717) is 12.2 Å². The summed E-state index contributed by atoms with van der Waals surface area (Å²) in [6.45, 7) is 2.50. The number of hydrogen-bond donors (Lipinski definition) is 1. The average Bonchev–Trinajstić information content (AvgIpc) is 2.85. The van der Waals surface area contributed by atoms with Crippen LogP contribution < -0.4 is 5.32 Å². The van der Waals surface area contributed by atoms with Gasteiger partial charge < -0.3 is 5.32 Å². The Kier molecular flexibility index (Phi) is 3.61. The van der Waals surface area contributed by atoms with Crippen LogP contribution in [0.3, 0.4) is 0 Å². The highest BCUT2D eigenvalue weighted by Crippen LogP contribution is 2.30. The fraction of sp³-hybridized carbons (Fsp3) is 0.250. The van der Waals surface area contributed by atoms with Crippen LogP contribution in [0.15, 0.2) is 24.5 Å². The number of aryl methyl sites for hydroxylation is 1. The Morgan fingerprint density at radius 2 is 2.15 bits per heavy atom. The van der Waals surface area contributed by atoms with Crippen LogP contribution in [0, 0.1) is 11.3 Å². The zero-order valence-corrected chi connectivity index (χ0v) is 10.4. The number of pyridine rings is 1. The lowest BCUT2D eigenvalue weighted by Gasteiger charge is -2.09. The maximum atomic E-state index is 12.6. The molecule has 0 aliphatic rings. The van der Waals surface area contributed by atoms with Gasteiger partial charge in [-0.05, 0) is 19.1 Å². The van der Waals surface area contributed by atoms with E-state index >= 15 is 0 Å². The lowest BCUT2D eigenvalue weighted by Crippen LogP contribution is -2.10. The molecule has 1 N–H and O–H groups in total. The molecule has 0 saturated carbocycles. The highest BCUT2D eigenvalue weighted by molar-refractivity contribution is 5.61. The predicted molar refractivity (Wildman–Crippen MR) is 65.1 cm³/mol. The summed E-state index contributed by atoms with van der Waals surface area (Å²) >= 11 is 0. The van der Waals surface area contributed by atoms with E-state index < -0.39 is 11.9 Å². The Bertz CT molecular complexity index is 654. The van der Waals surface area contributed by atoms with E-state index in [1.807, 2.05) is 6.92 Å². The summed E-state index contributed by atoms with van der Waals surface area (Å²) in [4.78, 5) is 3.45. The van der Waals surface area contributed by atoms with Crippen molar-refractivity contribution in [1.29, 1.82) is 5.26 Å². The van der Waals surface area contributed by atoms with Crippen molar-refractivity contribution in [2.45, 2.75) is 19.6 Å². The van der Waals surface area contributed by atoms with Crippen molar-refractivity contribution in [2.75, 3.05) is 5.32 Å². The Labute approximate surface area is 112 Å². The van der Waals surface area contributed by atoms with E-state index in [2.05, 4.69) is 15.4 Å². The van der Waals surface area contributed by atoms with Crippen molar-refractivity contribution in [3.05, 3.63) is 35.8 Å². The average molecular weight is 281 g/mol. The summed E-state index contributed by atoms with van der Waals surface area (Å²) in [6, 6.07) is 3.66. The minimum atomic E-state index is -4.56. The minimum absolute atomic E-state index is 0.0299. The Morgan fingerprint density at radius 3 is 2.70 bits per heavy atom. The highest BCUT2D eigenvalue weighted by atomic mass is 19.4. The quantitative estimate of drug-likeness (QED) is 0.939. The first-order valence-electron chi connectivity index (χ1n) is 5.72. The predicted octanol–water partition coefficient (Wildman–Crippen LogP) is 2.93. The number of hydrogen-bond acceptors (Lipinski definition) is 4. The lowest BCUT2D eigenvalue weighted by atomic mass is 10.2. The molecule has 8 heteroatoms. The number of nitrogens with zero attached hydrogens (tertiary/aromatic N) is 4. The van der Waals surface area contributed by atoms with Gasteiger partial charge in [0.05, 0.1) is 17.4 Å². The molecule has 0 atom stereocenters. The van der Waals surface area contributed by atoms with E-state index in [-0.39, 0.29) is 11.4 Å². The molecule has 0 bridgehead atoms. The molecular formula is C12H10F3N5. The SMILES string of the molecule is CCn1cc(Nc2nc(C(F)(F)F)ccc2C#N)cn1.